The molecule has 3 aromatic rings. The quantitative estimate of drug-likeness (QED) is 0.631. The molecular weight excluding hydrogens is 330 g/mol. The smallest absolute Gasteiger partial charge is 0.270 e. The van der Waals surface area contributed by atoms with Gasteiger partial charge >= 0.3 is 0 Å². The largest absolute Gasteiger partial charge is 0.350 e. The second-order valence-corrected chi connectivity index (χ2v) is 6.18. The summed E-state index contributed by atoms with van der Waals surface area (Å²) in [5, 5.41) is 14.8. The Bertz CT molecular complexity index is 884. The highest BCUT2D eigenvalue weighted by Gasteiger charge is 2.17. The molecule has 0 saturated heterocycles. The third-order valence-corrected chi connectivity index (χ3v) is 4.49. The van der Waals surface area contributed by atoms with E-state index in [0.29, 0.717) is 24.4 Å². The second kappa shape index (κ2) is 7.49. The normalized spacial score (nSPS) is 13.8. The molecule has 2 aromatic heterocycles. The van der Waals surface area contributed by atoms with Crippen molar-refractivity contribution in [2.75, 3.05) is 19.6 Å². The van der Waals surface area contributed by atoms with Gasteiger partial charge in [0, 0.05) is 44.6 Å². The van der Waals surface area contributed by atoms with Crippen molar-refractivity contribution in [2.24, 2.45) is 0 Å². The highest BCUT2D eigenvalue weighted by molar-refractivity contribution is 5.98. The fourth-order valence-corrected chi connectivity index (χ4v) is 3.17. The van der Waals surface area contributed by atoms with Gasteiger partial charge in [0.25, 0.3) is 5.91 Å². The highest BCUT2D eigenvalue weighted by Crippen LogP contribution is 2.19. The molecule has 1 aliphatic rings. The number of benzene rings is 1. The van der Waals surface area contributed by atoms with Crippen LogP contribution < -0.4 is 10.6 Å². The lowest BCUT2D eigenvalue weighted by atomic mass is 10.1. The molecule has 0 atom stereocenters. The first kappa shape index (κ1) is 16.5. The minimum Gasteiger partial charge on any atom is -0.350 e. The molecule has 0 spiro atoms. The van der Waals surface area contributed by atoms with Crippen LogP contribution in [0, 0.1) is 0 Å². The van der Waals surface area contributed by atoms with Crippen LogP contribution in [-0.4, -0.2) is 50.3 Å². The second-order valence-electron chi connectivity index (χ2n) is 6.18. The van der Waals surface area contributed by atoms with E-state index in [9.17, 15) is 4.79 Å². The number of aromatic amines is 1. The molecule has 0 aliphatic carbocycles. The Morgan fingerprint density at radius 1 is 1.19 bits per heavy atom. The zero-order chi connectivity index (χ0) is 17.8. The van der Waals surface area contributed by atoms with Gasteiger partial charge in [0.2, 0.25) is 0 Å². The lowest BCUT2D eigenvalue weighted by Crippen LogP contribution is -2.27. The van der Waals surface area contributed by atoms with E-state index in [2.05, 4.69) is 35.4 Å². The zero-order valence-corrected chi connectivity index (χ0v) is 14.4. The molecule has 0 radical (unpaired) electrons. The lowest BCUT2D eigenvalue weighted by molar-refractivity contribution is 0.0950. The fourth-order valence-electron chi connectivity index (χ4n) is 3.17. The summed E-state index contributed by atoms with van der Waals surface area (Å²) in [6.07, 6.45) is 3.07. The molecule has 134 valence electrons. The standard InChI is InChI=1S/C18H21N7O/c26-18(17-16(21-12-22-17)13-4-2-1-3-5-13)20-9-7-15-24-23-14-6-8-19-10-11-25(14)15/h1-5,12,19H,6-11H2,(H,20,26)(H,21,22). The average molecular weight is 351 g/mol. The van der Waals surface area contributed by atoms with E-state index >= 15 is 0 Å². The molecule has 3 heterocycles. The van der Waals surface area contributed by atoms with Gasteiger partial charge in [0.15, 0.2) is 0 Å². The summed E-state index contributed by atoms with van der Waals surface area (Å²) >= 11 is 0. The number of amides is 1. The number of fused-ring (bicyclic) bond motifs is 1. The van der Waals surface area contributed by atoms with Crippen LogP contribution in [0.3, 0.4) is 0 Å². The van der Waals surface area contributed by atoms with Crippen LogP contribution in [0.15, 0.2) is 36.7 Å². The molecular formula is C18H21N7O. The van der Waals surface area contributed by atoms with Gasteiger partial charge in [0.05, 0.1) is 6.33 Å². The maximum absolute atomic E-state index is 12.5. The van der Waals surface area contributed by atoms with Gasteiger partial charge in [-0.2, -0.15) is 0 Å². The third-order valence-electron chi connectivity index (χ3n) is 4.49. The first-order valence-electron chi connectivity index (χ1n) is 8.81. The number of carbonyl (C=O) groups excluding carboxylic acids is 1. The van der Waals surface area contributed by atoms with Crippen molar-refractivity contribution in [3.63, 3.8) is 0 Å². The summed E-state index contributed by atoms with van der Waals surface area (Å²) in [6, 6.07) is 9.67. The Labute approximate surface area is 151 Å². The highest BCUT2D eigenvalue weighted by atomic mass is 16.1. The maximum atomic E-state index is 12.5. The molecule has 0 fully saturated rings. The molecule has 1 aliphatic heterocycles. The first-order valence-corrected chi connectivity index (χ1v) is 8.81. The van der Waals surface area contributed by atoms with E-state index in [4.69, 9.17) is 0 Å². The third kappa shape index (κ3) is 3.36. The molecule has 8 nitrogen and oxygen atoms in total. The van der Waals surface area contributed by atoms with E-state index in [1.807, 2.05) is 30.3 Å². The lowest BCUT2D eigenvalue weighted by Gasteiger charge is -2.08. The summed E-state index contributed by atoms with van der Waals surface area (Å²) in [6.45, 7) is 3.21. The van der Waals surface area contributed by atoms with Crippen LogP contribution >= 0.6 is 0 Å². The number of nitrogens with one attached hydrogen (secondary N) is 3. The van der Waals surface area contributed by atoms with Gasteiger partial charge in [-0.05, 0) is 0 Å². The number of nitrogens with zero attached hydrogens (tertiary/aromatic N) is 4. The Hall–Kier alpha value is -3.00. The molecule has 0 saturated carbocycles. The van der Waals surface area contributed by atoms with Crippen molar-refractivity contribution in [1.29, 1.82) is 0 Å². The molecule has 0 bridgehead atoms. The molecule has 0 unspecified atom stereocenters. The van der Waals surface area contributed by atoms with Gasteiger partial charge in [-0.15, -0.1) is 10.2 Å². The zero-order valence-electron chi connectivity index (χ0n) is 14.4. The number of H-pyrrole nitrogens is 1. The average Bonchev–Trinajstić information content (AvgIpc) is 3.24. The topological polar surface area (TPSA) is 101 Å². The Balaban J connectivity index is 1.40. The summed E-state index contributed by atoms with van der Waals surface area (Å²) in [5.74, 6) is 1.76. The number of rotatable bonds is 5. The molecule has 1 amide bonds. The number of hydrogen-bond acceptors (Lipinski definition) is 5. The fraction of sp³-hybridized carbons (Fsp3) is 0.333. The molecule has 8 heteroatoms. The van der Waals surface area contributed by atoms with Crippen LogP contribution in [0.4, 0.5) is 0 Å². The summed E-state index contributed by atoms with van der Waals surface area (Å²) in [5.41, 5.74) is 2.04. The Kier molecular flexibility index (Phi) is 4.74. The van der Waals surface area contributed by atoms with E-state index in [-0.39, 0.29) is 5.91 Å². The minimum absolute atomic E-state index is 0.168. The Morgan fingerprint density at radius 3 is 2.96 bits per heavy atom. The van der Waals surface area contributed by atoms with Gasteiger partial charge in [-0.1, -0.05) is 30.3 Å². The van der Waals surface area contributed by atoms with Gasteiger partial charge < -0.3 is 20.2 Å². The van der Waals surface area contributed by atoms with Crippen molar-refractivity contribution in [3.8, 4) is 11.3 Å². The molecule has 4 rings (SSSR count). The number of hydrogen-bond donors (Lipinski definition) is 3. The van der Waals surface area contributed by atoms with Crippen molar-refractivity contribution in [3.05, 3.63) is 54.0 Å². The van der Waals surface area contributed by atoms with E-state index in [1.54, 1.807) is 6.33 Å². The summed E-state index contributed by atoms with van der Waals surface area (Å²) < 4.78 is 2.15. The van der Waals surface area contributed by atoms with Gasteiger partial charge in [0.1, 0.15) is 23.0 Å². The van der Waals surface area contributed by atoms with Crippen molar-refractivity contribution in [1.82, 2.24) is 35.4 Å². The monoisotopic (exact) mass is 351 g/mol. The van der Waals surface area contributed by atoms with Crippen molar-refractivity contribution in [2.45, 2.75) is 19.4 Å². The van der Waals surface area contributed by atoms with Crippen LogP contribution in [0.25, 0.3) is 11.3 Å². The van der Waals surface area contributed by atoms with E-state index < -0.39 is 0 Å². The van der Waals surface area contributed by atoms with Crippen molar-refractivity contribution >= 4 is 5.91 Å². The van der Waals surface area contributed by atoms with Crippen LogP contribution in [-0.2, 0) is 19.4 Å². The molecule has 1 aromatic carbocycles. The maximum Gasteiger partial charge on any atom is 0.270 e. The van der Waals surface area contributed by atoms with Gasteiger partial charge in [-0.3, -0.25) is 4.79 Å². The van der Waals surface area contributed by atoms with Crippen LogP contribution in [0.2, 0.25) is 0 Å². The van der Waals surface area contributed by atoms with E-state index in [1.165, 1.54) is 0 Å². The Morgan fingerprint density at radius 2 is 2.08 bits per heavy atom. The predicted molar refractivity (Wildman–Crippen MR) is 96.7 cm³/mol. The predicted octanol–water partition coefficient (Wildman–Crippen LogP) is 0.786. The number of aromatic nitrogens is 5. The van der Waals surface area contributed by atoms with E-state index in [0.717, 1.165) is 43.3 Å². The SMILES string of the molecule is O=C(NCCc1nnc2n1CCNCC2)c1[nH]cnc1-c1ccccc1. The van der Waals surface area contributed by atoms with Crippen molar-refractivity contribution < 1.29 is 4.79 Å². The summed E-state index contributed by atoms with van der Waals surface area (Å²) in [7, 11) is 0. The first-order chi connectivity index (χ1) is 12.8. The molecule has 26 heavy (non-hydrogen) atoms. The summed E-state index contributed by atoms with van der Waals surface area (Å²) in [4.78, 5) is 19.8. The number of imidazole rings is 1. The van der Waals surface area contributed by atoms with Crippen LogP contribution in [0.5, 0.6) is 0 Å². The molecule has 3 N–H and O–H groups in total. The minimum atomic E-state index is -0.168. The van der Waals surface area contributed by atoms with Crippen LogP contribution in [0.1, 0.15) is 22.1 Å². The number of carbonyl (C=O) groups is 1. The van der Waals surface area contributed by atoms with Gasteiger partial charge in [-0.25, -0.2) is 4.98 Å².